The lowest BCUT2D eigenvalue weighted by atomic mass is 10.2. The largest absolute Gasteiger partial charge is 0.495 e. The smallest absolute Gasteiger partial charge is 0.266 e. The monoisotopic (exact) mass is 524 g/mol. The van der Waals surface area contributed by atoms with Crippen LogP contribution in [0.15, 0.2) is 87.6 Å². The van der Waals surface area contributed by atoms with Gasteiger partial charge in [-0.1, -0.05) is 36.0 Å². The normalized spacial score (nSPS) is 11.6. The topological polar surface area (TPSA) is 111 Å². The Balaban J connectivity index is 1.60. The van der Waals surface area contributed by atoms with Crippen LogP contribution >= 0.6 is 11.8 Å². The Hall–Kier alpha value is -3.67. The molecular weight excluding hydrogens is 500 g/mol. The van der Waals surface area contributed by atoms with Crippen molar-refractivity contribution in [3.8, 4) is 11.4 Å². The first kappa shape index (κ1) is 25.4. The lowest BCUT2D eigenvalue weighted by molar-refractivity contribution is -0.113. The summed E-state index contributed by atoms with van der Waals surface area (Å²) in [5, 5.41) is 3.53. The van der Waals surface area contributed by atoms with E-state index < -0.39 is 10.0 Å². The van der Waals surface area contributed by atoms with Crippen LogP contribution < -0.4 is 15.6 Å². The Labute approximate surface area is 212 Å². The van der Waals surface area contributed by atoms with Crippen LogP contribution in [0.25, 0.3) is 16.6 Å². The quantitative estimate of drug-likeness (QED) is 0.278. The van der Waals surface area contributed by atoms with Gasteiger partial charge in [0.25, 0.3) is 5.56 Å². The van der Waals surface area contributed by atoms with Gasteiger partial charge < -0.3 is 10.1 Å². The van der Waals surface area contributed by atoms with Gasteiger partial charge in [0.15, 0.2) is 5.16 Å². The second kappa shape index (κ2) is 10.5. The summed E-state index contributed by atoms with van der Waals surface area (Å²) in [6.45, 7) is 0. The zero-order chi connectivity index (χ0) is 25.9. The van der Waals surface area contributed by atoms with Crippen molar-refractivity contribution < 1.29 is 17.9 Å². The predicted octanol–water partition coefficient (Wildman–Crippen LogP) is 3.38. The third kappa shape index (κ3) is 5.13. The SMILES string of the molecule is COc1ccccc1-n1c(SCC(=O)Nc2ccc(S(=O)(=O)N(C)C)cc2)nc2ccccc2c1=O. The van der Waals surface area contributed by atoms with Crippen LogP contribution in [0.2, 0.25) is 0 Å². The van der Waals surface area contributed by atoms with E-state index in [4.69, 9.17) is 4.74 Å². The molecule has 0 radical (unpaired) electrons. The number of methoxy groups -OCH3 is 1. The van der Waals surface area contributed by atoms with Gasteiger partial charge in [0.2, 0.25) is 15.9 Å². The fourth-order valence-corrected chi connectivity index (χ4v) is 5.19. The Morgan fingerprint density at radius 3 is 2.39 bits per heavy atom. The Morgan fingerprint density at radius 2 is 1.69 bits per heavy atom. The summed E-state index contributed by atoms with van der Waals surface area (Å²) in [5.41, 5.74) is 1.22. The van der Waals surface area contributed by atoms with Crippen LogP contribution in [0.5, 0.6) is 5.75 Å². The number of anilines is 1. The summed E-state index contributed by atoms with van der Waals surface area (Å²) in [5.74, 6) is 0.130. The summed E-state index contributed by atoms with van der Waals surface area (Å²) in [6, 6.07) is 20.0. The van der Waals surface area contributed by atoms with E-state index in [9.17, 15) is 18.0 Å². The molecule has 1 N–H and O–H groups in total. The fourth-order valence-electron chi connectivity index (χ4n) is 3.48. The minimum absolute atomic E-state index is 0.0301. The number of amides is 1. The maximum atomic E-state index is 13.4. The van der Waals surface area contributed by atoms with Crippen LogP contribution in [-0.2, 0) is 14.8 Å². The molecule has 1 amide bonds. The molecule has 0 aliphatic heterocycles. The maximum Gasteiger partial charge on any atom is 0.266 e. The Morgan fingerprint density at radius 1 is 1.03 bits per heavy atom. The molecule has 0 saturated heterocycles. The van der Waals surface area contributed by atoms with Gasteiger partial charge in [-0.3, -0.25) is 14.2 Å². The van der Waals surface area contributed by atoms with Gasteiger partial charge in [-0.15, -0.1) is 0 Å². The van der Waals surface area contributed by atoms with E-state index >= 15 is 0 Å². The average Bonchev–Trinajstić information content (AvgIpc) is 2.88. The Kier molecular flexibility index (Phi) is 7.43. The van der Waals surface area contributed by atoms with Gasteiger partial charge in [-0.2, -0.15) is 0 Å². The average molecular weight is 525 g/mol. The molecule has 0 bridgehead atoms. The molecule has 0 atom stereocenters. The summed E-state index contributed by atoms with van der Waals surface area (Å²) in [4.78, 5) is 30.9. The lowest BCUT2D eigenvalue weighted by Gasteiger charge is -2.15. The van der Waals surface area contributed by atoms with Crippen molar-refractivity contribution in [1.29, 1.82) is 0 Å². The minimum atomic E-state index is -3.56. The van der Waals surface area contributed by atoms with E-state index in [0.29, 0.717) is 33.2 Å². The van der Waals surface area contributed by atoms with Crippen molar-refractivity contribution in [2.75, 3.05) is 32.3 Å². The van der Waals surface area contributed by atoms with Crippen molar-refractivity contribution in [2.24, 2.45) is 0 Å². The number of ether oxygens (including phenoxy) is 1. The highest BCUT2D eigenvalue weighted by Gasteiger charge is 2.19. The van der Waals surface area contributed by atoms with Crippen LogP contribution in [0.1, 0.15) is 0 Å². The second-order valence-corrected chi connectivity index (χ2v) is 11.0. The Bertz CT molecular complexity index is 1580. The van der Waals surface area contributed by atoms with E-state index in [1.165, 1.54) is 50.0 Å². The number of hydrogen-bond acceptors (Lipinski definition) is 7. The van der Waals surface area contributed by atoms with Crippen LogP contribution in [-0.4, -0.2) is 55.1 Å². The van der Waals surface area contributed by atoms with Crippen molar-refractivity contribution >= 4 is 44.3 Å². The molecule has 1 aromatic heterocycles. The van der Waals surface area contributed by atoms with Crippen LogP contribution in [0.4, 0.5) is 5.69 Å². The molecule has 0 aliphatic rings. The van der Waals surface area contributed by atoms with E-state index in [1.54, 1.807) is 48.5 Å². The predicted molar refractivity (Wildman–Crippen MR) is 141 cm³/mol. The minimum Gasteiger partial charge on any atom is -0.495 e. The molecule has 11 heteroatoms. The number of benzene rings is 3. The molecular formula is C25H24N4O5S2. The molecule has 186 valence electrons. The van der Waals surface area contributed by atoms with Crippen molar-refractivity contribution in [2.45, 2.75) is 10.1 Å². The van der Waals surface area contributed by atoms with Crippen molar-refractivity contribution in [1.82, 2.24) is 13.9 Å². The van der Waals surface area contributed by atoms with Gasteiger partial charge in [0.1, 0.15) is 5.75 Å². The number of rotatable bonds is 8. The molecule has 0 aliphatic carbocycles. The molecule has 4 rings (SSSR count). The number of hydrogen-bond donors (Lipinski definition) is 1. The van der Waals surface area contributed by atoms with Gasteiger partial charge in [-0.25, -0.2) is 17.7 Å². The standard InChI is InChI=1S/C25H24N4O5S2/c1-28(2)36(32,33)18-14-12-17(13-15-18)26-23(30)16-35-25-27-20-9-5-4-8-19(20)24(31)29(25)21-10-6-7-11-22(21)34-3/h4-15H,16H2,1-3H3,(H,26,30). The highest BCUT2D eigenvalue weighted by Crippen LogP contribution is 2.27. The molecule has 36 heavy (non-hydrogen) atoms. The molecule has 0 spiro atoms. The fraction of sp³-hybridized carbons (Fsp3) is 0.160. The van der Waals surface area contributed by atoms with E-state index in [-0.39, 0.29) is 22.1 Å². The lowest BCUT2D eigenvalue weighted by Crippen LogP contribution is -2.23. The molecule has 1 heterocycles. The molecule has 0 unspecified atom stereocenters. The number of carbonyl (C=O) groups is 1. The number of para-hydroxylation sites is 3. The summed E-state index contributed by atoms with van der Waals surface area (Å²) >= 11 is 1.11. The van der Waals surface area contributed by atoms with Gasteiger partial charge in [-0.05, 0) is 48.5 Å². The summed E-state index contributed by atoms with van der Waals surface area (Å²) in [7, 11) is 0.864. The summed E-state index contributed by atoms with van der Waals surface area (Å²) in [6.07, 6.45) is 0. The zero-order valence-corrected chi connectivity index (χ0v) is 21.5. The van der Waals surface area contributed by atoms with E-state index in [2.05, 4.69) is 10.3 Å². The molecule has 4 aromatic rings. The molecule has 0 saturated carbocycles. The first-order valence-electron chi connectivity index (χ1n) is 10.8. The van der Waals surface area contributed by atoms with Crippen molar-refractivity contribution in [3.05, 3.63) is 83.2 Å². The maximum absolute atomic E-state index is 13.4. The second-order valence-electron chi connectivity index (χ2n) is 7.87. The van der Waals surface area contributed by atoms with Crippen LogP contribution in [0, 0.1) is 0 Å². The number of thioether (sulfide) groups is 1. The van der Waals surface area contributed by atoms with Crippen LogP contribution in [0.3, 0.4) is 0 Å². The molecule has 3 aromatic carbocycles. The number of sulfonamides is 1. The molecule has 0 fully saturated rings. The molecule has 9 nitrogen and oxygen atoms in total. The van der Waals surface area contributed by atoms with Gasteiger partial charge in [0.05, 0.1) is 34.3 Å². The van der Waals surface area contributed by atoms with E-state index in [0.717, 1.165) is 16.1 Å². The third-order valence-corrected chi connectivity index (χ3v) is 8.09. The number of carbonyl (C=O) groups excluding carboxylic acids is 1. The first-order chi connectivity index (χ1) is 17.2. The number of fused-ring (bicyclic) bond motifs is 1. The third-order valence-electron chi connectivity index (χ3n) is 5.32. The number of aromatic nitrogens is 2. The number of nitrogens with one attached hydrogen (secondary N) is 1. The summed E-state index contributed by atoms with van der Waals surface area (Å²) < 4.78 is 32.5. The zero-order valence-electron chi connectivity index (χ0n) is 19.8. The number of nitrogens with zero attached hydrogens (tertiary/aromatic N) is 3. The highest BCUT2D eigenvalue weighted by atomic mass is 32.2. The van der Waals surface area contributed by atoms with E-state index in [1.807, 2.05) is 0 Å². The first-order valence-corrected chi connectivity index (χ1v) is 13.3. The van der Waals surface area contributed by atoms with Gasteiger partial charge >= 0.3 is 0 Å². The van der Waals surface area contributed by atoms with Gasteiger partial charge in [0, 0.05) is 19.8 Å². The van der Waals surface area contributed by atoms with Crippen molar-refractivity contribution in [3.63, 3.8) is 0 Å². The highest BCUT2D eigenvalue weighted by molar-refractivity contribution is 7.99.